The van der Waals surface area contributed by atoms with Gasteiger partial charge in [-0.25, -0.2) is 0 Å². The molecule has 1 atom stereocenters. The van der Waals surface area contributed by atoms with E-state index in [2.05, 4.69) is 6.92 Å². The Labute approximate surface area is 117 Å². The summed E-state index contributed by atoms with van der Waals surface area (Å²) in [6, 6.07) is 0. The van der Waals surface area contributed by atoms with E-state index in [4.69, 9.17) is 27.9 Å². The molecule has 0 saturated heterocycles. The lowest BCUT2D eigenvalue weighted by Gasteiger charge is -2.13. The molecule has 0 rings (SSSR count). The van der Waals surface area contributed by atoms with E-state index >= 15 is 0 Å². The Bertz CT molecular complexity index is 142. The van der Waals surface area contributed by atoms with Crippen molar-refractivity contribution in [2.75, 3.05) is 18.4 Å². The lowest BCUT2D eigenvalue weighted by molar-refractivity contribution is 0.0721. The van der Waals surface area contributed by atoms with Crippen molar-refractivity contribution in [1.29, 1.82) is 0 Å². The van der Waals surface area contributed by atoms with E-state index in [-0.39, 0.29) is 6.10 Å². The van der Waals surface area contributed by atoms with Crippen LogP contribution < -0.4 is 0 Å². The van der Waals surface area contributed by atoms with Crippen LogP contribution in [-0.4, -0.2) is 24.5 Å². The summed E-state index contributed by atoms with van der Waals surface area (Å²) in [7, 11) is 0. The van der Waals surface area contributed by atoms with Gasteiger partial charge in [-0.2, -0.15) is 0 Å². The third kappa shape index (κ3) is 12.8. The van der Waals surface area contributed by atoms with Crippen LogP contribution in [0.3, 0.4) is 0 Å². The lowest BCUT2D eigenvalue weighted by Crippen LogP contribution is -2.16. The van der Waals surface area contributed by atoms with Gasteiger partial charge in [-0.15, -0.1) is 23.2 Å². The van der Waals surface area contributed by atoms with Gasteiger partial charge in [-0.1, -0.05) is 58.3 Å². The predicted octanol–water partition coefficient (Wildman–Crippen LogP) is 5.38. The second-order valence-electron chi connectivity index (χ2n) is 4.60. The highest BCUT2D eigenvalue weighted by Crippen LogP contribution is 2.12. The maximum Gasteiger partial charge on any atom is 0.0710 e. The Morgan fingerprint density at radius 3 is 2.00 bits per heavy atom. The van der Waals surface area contributed by atoms with Gasteiger partial charge in [0.15, 0.2) is 0 Å². The van der Waals surface area contributed by atoms with E-state index in [1.54, 1.807) is 0 Å². The highest BCUT2D eigenvalue weighted by Gasteiger charge is 2.06. The van der Waals surface area contributed by atoms with Crippen molar-refractivity contribution < 1.29 is 4.74 Å². The summed E-state index contributed by atoms with van der Waals surface area (Å²) < 4.78 is 5.54. The third-order valence-corrected chi connectivity index (χ3v) is 3.48. The van der Waals surface area contributed by atoms with E-state index in [1.807, 2.05) is 0 Å². The maximum absolute atomic E-state index is 5.83. The number of unbranched alkanes of at least 4 members (excludes halogenated alkanes) is 7. The Kier molecular flexibility index (Phi) is 15.1. The molecule has 17 heavy (non-hydrogen) atoms. The quantitative estimate of drug-likeness (QED) is 0.326. The fraction of sp³-hybridized carbons (Fsp3) is 1.00. The van der Waals surface area contributed by atoms with E-state index in [0.29, 0.717) is 18.4 Å². The Hall–Kier alpha value is 0.540. The molecular weight excluding hydrogens is 255 g/mol. The molecule has 0 aromatic rings. The fourth-order valence-corrected chi connectivity index (χ4v) is 2.25. The predicted molar refractivity (Wildman–Crippen MR) is 78.4 cm³/mol. The van der Waals surface area contributed by atoms with Crippen LogP contribution in [0.5, 0.6) is 0 Å². The normalized spacial score (nSPS) is 12.9. The summed E-state index contributed by atoms with van der Waals surface area (Å²) in [5, 5.41) is 0. The first-order valence-electron chi connectivity index (χ1n) is 7.08. The van der Waals surface area contributed by atoms with Gasteiger partial charge in [0.05, 0.1) is 12.7 Å². The van der Waals surface area contributed by atoms with Gasteiger partial charge in [0.25, 0.3) is 0 Å². The SMILES string of the molecule is CCCCCCCCCC[C@H](CCl)OCCCl. The highest BCUT2D eigenvalue weighted by atomic mass is 35.5. The zero-order valence-electron chi connectivity index (χ0n) is 11.2. The molecular formula is C14H28Cl2O. The zero-order valence-corrected chi connectivity index (χ0v) is 12.7. The molecule has 0 aromatic heterocycles. The molecule has 104 valence electrons. The van der Waals surface area contributed by atoms with E-state index in [0.717, 1.165) is 6.42 Å². The van der Waals surface area contributed by atoms with Gasteiger partial charge in [0, 0.05) is 11.8 Å². The van der Waals surface area contributed by atoms with Gasteiger partial charge >= 0.3 is 0 Å². The summed E-state index contributed by atoms with van der Waals surface area (Å²) in [5.74, 6) is 1.15. The average Bonchev–Trinajstić information content (AvgIpc) is 2.36. The molecule has 0 saturated carbocycles. The number of hydrogen-bond donors (Lipinski definition) is 0. The number of rotatable bonds is 13. The van der Waals surface area contributed by atoms with Crippen molar-refractivity contribution in [3.8, 4) is 0 Å². The van der Waals surface area contributed by atoms with Crippen molar-refractivity contribution in [1.82, 2.24) is 0 Å². The first-order chi connectivity index (χ1) is 8.35. The molecule has 1 nitrogen and oxygen atoms in total. The van der Waals surface area contributed by atoms with Crippen LogP contribution in [0.25, 0.3) is 0 Å². The minimum Gasteiger partial charge on any atom is -0.376 e. The number of halogens is 2. The van der Waals surface area contributed by atoms with E-state index in [1.165, 1.54) is 51.4 Å². The Balaban J connectivity index is 3.19. The first-order valence-corrected chi connectivity index (χ1v) is 8.15. The first kappa shape index (κ1) is 17.5. The maximum atomic E-state index is 5.83. The van der Waals surface area contributed by atoms with Gasteiger partial charge < -0.3 is 4.74 Å². The van der Waals surface area contributed by atoms with Crippen LogP contribution in [0.15, 0.2) is 0 Å². The van der Waals surface area contributed by atoms with Gasteiger partial charge in [-0.05, 0) is 6.42 Å². The highest BCUT2D eigenvalue weighted by molar-refractivity contribution is 6.18. The van der Waals surface area contributed by atoms with Crippen molar-refractivity contribution >= 4 is 23.2 Å². The molecule has 0 amide bonds. The molecule has 0 spiro atoms. The summed E-state index contributed by atoms with van der Waals surface area (Å²) in [4.78, 5) is 0. The topological polar surface area (TPSA) is 9.23 Å². The Morgan fingerprint density at radius 2 is 1.47 bits per heavy atom. The minimum absolute atomic E-state index is 0.204. The second kappa shape index (κ2) is 14.6. The molecule has 3 heteroatoms. The van der Waals surface area contributed by atoms with Gasteiger partial charge in [0.1, 0.15) is 0 Å². The Morgan fingerprint density at radius 1 is 0.882 bits per heavy atom. The lowest BCUT2D eigenvalue weighted by atomic mass is 10.1. The number of hydrogen-bond acceptors (Lipinski definition) is 1. The zero-order chi connectivity index (χ0) is 12.8. The van der Waals surface area contributed by atoms with Crippen LogP contribution in [-0.2, 0) is 4.74 Å². The van der Waals surface area contributed by atoms with Crippen LogP contribution >= 0.6 is 23.2 Å². The molecule has 0 aliphatic rings. The molecule has 0 aliphatic heterocycles. The van der Waals surface area contributed by atoms with Crippen molar-refractivity contribution in [3.05, 3.63) is 0 Å². The molecule has 0 aromatic carbocycles. The molecule has 0 bridgehead atoms. The molecule has 0 heterocycles. The van der Waals surface area contributed by atoms with Crippen LogP contribution in [0.4, 0.5) is 0 Å². The van der Waals surface area contributed by atoms with Crippen molar-refractivity contribution in [3.63, 3.8) is 0 Å². The molecule has 0 radical (unpaired) electrons. The number of alkyl halides is 2. The summed E-state index contributed by atoms with van der Waals surface area (Å²) in [5.41, 5.74) is 0. The summed E-state index contributed by atoms with van der Waals surface area (Å²) in [6.45, 7) is 2.88. The molecule has 0 N–H and O–H groups in total. The van der Waals surface area contributed by atoms with Gasteiger partial charge in [-0.3, -0.25) is 0 Å². The van der Waals surface area contributed by atoms with Gasteiger partial charge in [0.2, 0.25) is 0 Å². The van der Waals surface area contributed by atoms with Crippen molar-refractivity contribution in [2.24, 2.45) is 0 Å². The summed E-state index contributed by atoms with van der Waals surface area (Å²) in [6.07, 6.45) is 12.1. The summed E-state index contributed by atoms with van der Waals surface area (Å²) >= 11 is 11.4. The molecule has 0 unspecified atom stereocenters. The number of ether oxygens (including phenoxy) is 1. The fourth-order valence-electron chi connectivity index (χ4n) is 1.92. The van der Waals surface area contributed by atoms with Crippen molar-refractivity contribution in [2.45, 2.75) is 70.8 Å². The minimum atomic E-state index is 0.204. The van der Waals surface area contributed by atoms with E-state index in [9.17, 15) is 0 Å². The average molecular weight is 283 g/mol. The van der Waals surface area contributed by atoms with Crippen LogP contribution in [0, 0.1) is 0 Å². The monoisotopic (exact) mass is 282 g/mol. The van der Waals surface area contributed by atoms with Crippen LogP contribution in [0.1, 0.15) is 64.7 Å². The second-order valence-corrected chi connectivity index (χ2v) is 5.29. The largest absolute Gasteiger partial charge is 0.376 e. The standard InChI is InChI=1S/C14H28Cl2O/c1-2-3-4-5-6-7-8-9-10-14(13-16)17-12-11-15/h14H,2-13H2,1H3/t14-/m1/s1. The molecule has 0 fully saturated rings. The molecule has 0 aliphatic carbocycles. The third-order valence-electron chi connectivity index (χ3n) is 2.98. The van der Waals surface area contributed by atoms with Crippen LogP contribution in [0.2, 0.25) is 0 Å². The van der Waals surface area contributed by atoms with E-state index < -0.39 is 0 Å². The smallest absolute Gasteiger partial charge is 0.0710 e.